The first-order valence-electron chi connectivity index (χ1n) is 8.16. The van der Waals surface area contributed by atoms with E-state index >= 15 is 0 Å². The fourth-order valence-corrected chi connectivity index (χ4v) is 2.76. The van der Waals surface area contributed by atoms with Gasteiger partial charge in [-0.25, -0.2) is 4.79 Å². The number of ether oxygens (including phenoxy) is 1. The highest BCUT2D eigenvalue weighted by Gasteiger charge is 2.19. The first-order chi connectivity index (χ1) is 12.2. The minimum absolute atomic E-state index is 0.234. The summed E-state index contributed by atoms with van der Waals surface area (Å²) in [7, 11) is 0. The maximum Gasteiger partial charge on any atom is 0.408 e. The molecule has 0 aliphatic carbocycles. The number of aromatic nitrogens is 1. The fourth-order valence-electron chi connectivity index (χ4n) is 2.19. The molecule has 0 aliphatic rings. The Morgan fingerprint density at radius 1 is 1.15 bits per heavy atom. The van der Waals surface area contributed by atoms with E-state index in [9.17, 15) is 9.59 Å². The molecular weight excluding hydrogens is 398 g/mol. The van der Waals surface area contributed by atoms with Gasteiger partial charge in [-0.1, -0.05) is 6.07 Å². The summed E-state index contributed by atoms with van der Waals surface area (Å²) in [6.45, 7) is 7.28. The lowest BCUT2D eigenvalue weighted by atomic mass is 10.1. The average molecular weight is 420 g/mol. The number of carbonyl (C=O) groups is 2. The van der Waals surface area contributed by atoms with Crippen LogP contribution in [0.3, 0.4) is 0 Å². The number of benzene rings is 1. The van der Waals surface area contributed by atoms with Crippen molar-refractivity contribution in [3.63, 3.8) is 0 Å². The molecule has 0 aliphatic heterocycles. The number of hydrogen-bond acceptors (Lipinski definition) is 4. The van der Waals surface area contributed by atoms with Crippen LogP contribution in [0.25, 0.3) is 0 Å². The van der Waals surface area contributed by atoms with Crippen molar-refractivity contribution in [1.29, 1.82) is 0 Å². The van der Waals surface area contributed by atoms with Crippen LogP contribution in [0.15, 0.2) is 47.2 Å². The quantitative estimate of drug-likeness (QED) is 0.753. The topological polar surface area (TPSA) is 80.3 Å². The number of amides is 2. The van der Waals surface area contributed by atoms with E-state index in [0.29, 0.717) is 15.7 Å². The second kappa shape index (κ2) is 8.31. The second-order valence-electron chi connectivity index (χ2n) is 6.80. The zero-order valence-electron chi connectivity index (χ0n) is 15.2. The van der Waals surface area contributed by atoms with Crippen molar-refractivity contribution >= 4 is 33.6 Å². The molecule has 0 saturated heterocycles. The lowest BCUT2D eigenvalue weighted by molar-refractivity contribution is 0.0507. The largest absolute Gasteiger partial charge is 0.444 e. The summed E-state index contributed by atoms with van der Waals surface area (Å²) >= 11 is 3.43. The van der Waals surface area contributed by atoms with Crippen molar-refractivity contribution in [1.82, 2.24) is 10.3 Å². The van der Waals surface area contributed by atoms with E-state index < -0.39 is 11.7 Å². The van der Waals surface area contributed by atoms with E-state index in [4.69, 9.17) is 4.74 Å². The normalized spacial score (nSPS) is 12.2. The Labute approximate surface area is 161 Å². The van der Waals surface area contributed by atoms with E-state index in [1.165, 1.54) is 0 Å². The molecule has 1 aromatic carbocycles. The van der Waals surface area contributed by atoms with Crippen LogP contribution in [0.4, 0.5) is 10.5 Å². The highest BCUT2D eigenvalue weighted by atomic mass is 79.9. The van der Waals surface area contributed by atoms with Gasteiger partial charge < -0.3 is 15.4 Å². The number of nitrogens with one attached hydrogen (secondary N) is 2. The highest BCUT2D eigenvalue weighted by Crippen LogP contribution is 2.24. The number of carbonyl (C=O) groups excluding carboxylic acids is 2. The van der Waals surface area contributed by atoms with Gasteiger partial charge in [-0.3, -0.25) is 9.78 Å². The third-order valence-corrected chi connectivity index (χ3v) is 4.07. The highest BCUT2D eigenvalue weighted by molar-refractivity contribution is 9.10. The van der Waals surface area contributed by atoms with Gasteiger partial charge in [0.05, 0.1) is 11.6 Å². The Morgan fingerprint density at radius 2 is 1.81 bits per heavy atom. The maximum atomic E-state index is 12.4. The zero-order valence-corrected chi connectivity index (χ0v) is 16.8. The summed E-state index contributed by atoms with van der Waals surface area (Å²) in [6, 6.07) is 8.49. The molecule has 2 amide bonds. The summed E-state index contributed by atoms with van der Waals surface area (Å²) in [6.07, 6.45) is 2.73. The lowest BCUT2D eigenvalue weighted by Crippen LogP contribution is -2.34. The Balaban J connectivity index is 2.06. The molecule has 0 saturated carbocycles. The number of pyridine rings is 1. The van der Waals surface area contributed by atoms with Gasteiger partial charge in [0, 0.05) is 22.6 Å². The van der Waals surface area contributed by atoms with Crippen LogP contribution >= 0.6 is 15.9 Å². The number of alkyl carbamates (subject to hydrolysis) is 1. The van der Waals surface area contributed by atoms with Gasteiger partial charge in [0.1, 0.15) is 5.60 Å². The van der Waals surface area contributed by atoms with Gasteiger partial charge in [0.15, 0.2) is 0 Å². The molecule has 6 nitrogen and oxygen atoms in total. The van der Waals surface area contributed by atoms with Gasteiger partial charge in [-0.15, -0.1) is 0 Å². The summed E-state index contributed by atoms with van der Waals surface area (Å²) in [5, 5.41) is 5.59. The van der Waals surface area contributed by atoms with Gasteiger partial charge in [0.25, 0.3) is 5.91 Å². The van der Waals surface area contributed by atoms with Crippen LogP contribution in [0, 0.1) is 0 Å². The standard InChI is InChI=1S/C19H22BrN3O3/c1-12(22-18(25)26-19(2,3)4)13-5-6-15(16(20)11-13)17(24)23-14-7-9-21-10-8-14/h5-12H,1-4H3,(H,22,25)(H,21,23,24). The molecule has 0 bridgehead atoms. The summed E-state index contributed by atoms with van der Waals surface area (Å²) in [5.74, 6) is -0.234. The molecular formula is C19H22BrN3O3. The third kappa shape index (κ3) is 5.84. The molecule has 1 atom stereocenters. The molecule has 0 spiro atoms. The van der Waals surface area contributed by atoms with Crippen molar-refractivity contribution < 1.29 is 14.3 Å². The molecule has 1 aromatic heterocycles. The Bertz CT molecular complexity index is 788. The van der Waals surface area contributed by atoms with E-state index in [1.54, 1.807) is 36.7 Å². The van der Waals surface area contributed by atoms with Crippen LogP contribution in [0.1, 0.15) is 49.7 Å². The van der Waals surface area contributed by atoms with E-state index in [-0.39, 0.29) is 11.9 Å². The molecule has 1 unspecified atom stereocenters. The van der Waals surface area contributed by atoms with Crippen LogP contribution in [-0.2, 0) is 4.74 Å². The second-order valence-corrected chi connectivity index (χ2v) is 7.65. The first kappa shape index (κ1) is 19.9. The number of hydrogen-bond donors (Lipinski definition) is 2. The van der Waals surface area contributed by atoms with Gasteiger partial charge in [-0.2, -0.15) is 0 Å². The van der Waals surface area contributed by atoms with Crippen LogP contribution in [0.5, 0.6) is 0 Å². The van der Waals surface area contributed by atoms with Crippen molar-refractivity contribution in [2.75, 3.05) is 5.32 Å². The van der Waals surface area contributed by atoms with Crippen molar-refractivity contribution in [2.45, 2.75) is 39.3 Å². The average Bonchev–Trinajstić information content (AvgIpc) is 2.53. The van der Waals surface area contributed by atoms with Gasteiger partial charge >= 0.3 is 6.09 Å². The SMILES string of the molecule is CC(NC(=O)OC(C)(C)C)c1ccc(C(=O)Nc2ccncc2)c(Br)c1. The fraction of sp³-hybridized carbons (Fsp3) is 0.316. The lowest BCUT2D eigenvalue weighted by Gasteiger charge is -2.22. The number of nitrogens with zero attached hydrogens (tertiary/aromatic N) is 1. The molecule has 7 heteroatoms. The molecule has 138 valence electrons. The Kier molecular flexibility index (Phi) is 6.37. The third-order valence-electron chi connectivity index (χ3n) is 3.41. The first-order valence-corrected chi connectivity index (χ1v) is 8.95. The van der Waals surface area contributed by atoms with E-state index in [1.807, 2.05) is 33.8 Å². The predicted molar refractivity (Wildman–Crippen MR) is 104 cm³/mol. The van der Waals surface area contributed by atoms with Gasteiger partial charge in [0.2, 0.25) is 0 Å². The van der Waals surface area contributed by atoms with E-state index in [2.05, 4.69) is 31.5 Å². The molecule has 0 radical (unpaired) electrons. The molecule has 26 heavy (non-hydrogen) atoms. The molecule has 1 heterocycles. The zero-order chi connectivity index (χ0) is 19.3. The summed E-state index contributed by atoms with van der Waals surface area (Å²) in [4.78, 5) is 28.2. The predicted octanol–water partition coefficient (Wildman–Crippen LogP) is 4.68. The van der Waals surface area contributed by atoms with E-state index in [0.717, 1.165) is 5.56 Å². The number of anilines is 1. The monoisotopic (exact) mass is 419 g/mol. The number of rotatable bonds is 4. The number of halogens is 1. The Hall–Kier alpha value is -2.41. The van der Waals surface area contributed by atoms with Crippen molar-refractivity contribution in [3.8, 4) is 0 Å². The molecule has 0 fully saturated rings. The van der Waals surface area contributed by atoms with Crippen molar-refractivity contribution in [2.24, 2.45) is 0 Å². The van der Waals surface area contributed by atoms with Crippen LogP contribution in [0.2, 0.25) is 0 Å². The maximum absolute atomic E-state index is 12.4. The van der Waals surface area contributed by atoms with Crippen LogP contribution < -0.4 is 10.6 Å². The van der Waals surface area contributed by atoms with Gasteiger partial charge in [-0.05, 0) is 73.5 Å². The molecule has 2 rings (SSSR count). The minimum Gasteiger partial charge on any atom is -0.444 e. The van der Waals surface area contributed by atoms with Crippen LogP contribution in [-0.4, -0.2) is 22.6 Å². The molecule has 2 N–H and O–H groups in total. The minimum atomic E-state index is -0.556. The smallest absolute Gasteiger partial charge is 0.408 e. The summed E-state index contributed by atoms with van der Waals surface area (Å²) in [5.41, 5.74) is 1.46. The van der Waals surface area contributed by atoms with Crippen molar-refractivity contribution in [3.05, 3.63) is 58.3 Å². The molecule has 2 aromatic rings. The summed E-state index contributed by atoms with van der Waals surface area (Å²) < 4.78 is 5.90. The Morgan fingerprint density at radius 3 is 2.38 bits per heavy atom.